The fraction of sp³-hybridized carbons (Fsp3) is 0.571. The Labute approximate surface area is 108 Å². The van der Waals surface area contributed by atoms with Gasteiger partial charge >= 0.3 is 0 Å². The molecule has 1 aliphatic rings. The molecule has 17 heavy (non-hydrogen) atoms. The fourth-order valence-electron chi connectivity index (χ4n) is 2.37. The zero-order valence-corrected chi connectivity index (χ0v) is 11.3. The van der Waals surface area contributed by atoms with E-state index in [9.17, 15) is 0 Å². The van der Waals surface area contributed by atoms with Gasteiger partial charge in [-0.25, -0.2) is 0 Å². The SMILES string of the molecule is Cc1cc(Cl)cc(C)c1OCC1CCNCC1. The molecule has 3 heteroatoms. The van der Waals surface area contributed by atoms with E-state index >= 15 is 0 Å². The first-order valence-corrected chi connectivity index (χ1v) is 6.65. The number of hydrogen-bond donors (Lipinski definition) is 1. The van der Waals surface area contributed by atoms with Gasteiger partial charge in [0.25, 0.3) is 0 Å². The Hall–Kier alpha value is -0.730. The molecule has 0 aliphatic carbocycles. The fourth-order valence-corrected chi connectivity index (χ4v) is 2.70. The molecule has 0 atom stereocenters. The Bertz CT molecular complexity index is 363. The molecule has 0 radical (unpaired) electrons. The summed E-state index contributed by atoms with van der Waals surface area (Å²) in [6.45, 7) is 7.16. The maximum absolute atomic E-state index is 6.01. The topological polar surface area (TPSA) is 21.3 Å². The van der Waals surface area contributed by atoms with Crippen LogP contribution in [0.3, 0.4) is 0 Å². The molecule has 1 saturated heterocycles. The monoisotopic (exact) mass is 253 g/mol. The summed E-state index contributed by atoms with van der Waals surface area (Å²) in [5.41, 5.74) is 2.26. The van der Waals surface area contributed by atoms with Gasteiger partial charge in [0, 0.05) is 5.02 Å². The molecule has 2 nitrogen and oxygen atoms in total. The van der Waals surface area contributed by atoms with Crippen LogP contribution in [0.1, 0.15) is 24.0 Å². The quantitative estimate of drug-likeness (QED) is 0.892. The summed E-state index contributed by atoms with van der Waals surface area (Å²) in [5, 5.41) is 4.16. The van der Waals surface area contributed by atoms with E-state index in [0.717, 1.165) is 41.6 Å². The number of nitrogens with one attached hydrogen (secondary N) is 1. The highest BCUT2D eigenvalue weighted by Gasteiger charge is 2.14. The van der Waals surface area contributed by atoms with Gasteiger partial charge in [-0.2, -0.15) is 0 Å². The van der Waals surface area contributed by atoms with Gasteiger partial charge in [0.05, 0.1) is 6.61 Å². The molecule has 1 N–H and O–H groups in total. The highest BCUT2D eigenvalue weighted by molar-refractivity contribution is 6.30. The Morgan fingerprint density at radius 2 is 1.82 bits per heavy atom. The highest BCUT2D eigenvalue weighted by Crippen LogP contribution is 2.28. The maximum Gasteiger partial charge on any atom is 0.125 e. The molecule has 0 aromatic heterocycles. The molecular weight excluding hydrogens is 234 g/mol. The van der Waals surface area contributed by atoms with E-state index in [1.807, 2.05) is 12.1 Å². The van der Waals surface area contributed by atoms with E-state index in [1.165, 1.54) is 12.8 Å². The Kier molecular flexibility index (Phi) is 4.30. The molecule has 0 saturated carbocycles. The van der Waals surface area contributed by atoms with Crippen LogP contribution < -0.4 is 10.1 Å². The van der Waals surface area contributed by atoms with Gasteiger partial charge in [0.15, 0.2) is 0 Å². The van der Waals surface area contributed by atoms with Gasteiger partial charge in [-0.05, 0) is 69.0 Å². The van der Waals surface area contributed by atoms with Crippen molar-refractivity contribution < 1.29 is 4.74 Å². The minimum atomic E-state index is 0.686. The molecule has 0 spiro atoms. The average molecular weight is 254 g/mol. The minimum Gasteiger partial charge on any atom is -0.493 e. The summed E-state index contributed by atoms with van der Waals surface area (Å²) in [6, 6.07) is 3.93. The zero-order valence-electron chi connectivity index (χ0n) is 10.6. The molecule has 1 aromatic carbocycles. The van der Waals surface area contributed by atoms with Gasteiger partial charge < -0.3 is 10.1 Å². The lowest BCUT2D eigenvalue weighted by atomic mass is 9.99. The smallest absolute Gasteiger partial charge is 0.125 e. The van der Waals surface area contributed by atoms with Crippen LogP contribution >= 0.6 is 11.6 Å². The van der Waals surface area contributed by atoms with E-state index in [2.05, 4.69) is 19.2 Å². The standard InChI is InChI=1S/C14H20ClNO/c1-10-7-13(15)8-11(2)14(10)17-9-12-3-5-16-6-4-12/h7-8,12,16H,3-6,9H2,1-2H3. The summed E-state index contributed by atoms with van der Waals surface area (Å²) >= 11 is 6.01. The number of piperidine rings is 1. The molecule has 0 bridgehead atoms. The Morgan fingerprint density at radius 1 is 1.24 bits per heavy atom. The third-order valence-corrected chi connectivity index (χ3v) is 3.57. The number of aryl methyl sites for hydroxylation is 2. The Balaban J connectivity index is 1.98. The molecular formula is C14H20ClNO. The summed E-state index contributed by atoms with van der Waals surface area (Å²) < 4.78 is 5.98. The number of halogens is 1. The highest BCUT2D eigenvalue weighted by atomic mass is 35.5. The molecule has 0 unspecified atom stereocenters. The largest absolute Gasteiger partial charge is 0.493 e. The van der Waals surface area contributed by atoms with Crippen molar-refractivity contribution in [2.75, 3.05) is 19.7 Å². The van der Waals surface area contributed by atoms with Crippen LogP contribution in [0.2, 0.25) is 5.02 Å². The zero-order chi connectivity index (χ0) is 12.3. The lowest BCUT2D eigenvalue weighted by Crippen LogP contribution is -2.30. The van der Waals surface area contributed by atoms with Gasteiger partial charge in [0.2, 0.25) is 0 Å². The lowest BCUT2D eigenvalue weighted by molar-refractivity contribution is 0.213. The molecule has 1 aromatic rings. The van der Waals surface area contributed by atoms with Crippen molar-refractivity contribution in [2.45, 2.75) is 26.7 Å². The normalized spacial score (nSPS) is 17.1. The van der Waals surface area contributed by atoms with Gasteiger partial charge in [0.1, 0.15) is 5.75 Å². The van der Waals surface area contributed by atoms with Crippen LogP contribution in [-0.4, -0.2) is 19.7 Å². The van der Waals surface area contributed by atoms with E-state index in [0.29, 0.717) is 5.92 Å². The van der Waals surface area contributed by atoms with Gasteiger partial charge in [-0.3, -0.25) is 0 Å². The summed E-state index contributed by atoms with van der Waals surface area (Å²) in [5.74, 6) is 1.69. The number of ether oxygens (including phenoxy) is 1. The van der Waals surface area contributed by atoms with Crippen molar-refractivity contribution in [2.24, 2.45) is 5.92 Å². The van der Waals surface area contributed by atoms with Crippen molar-refractivity contribution in [3.63, 3.8) is 0 Å². The van der Waals surface area contributed by atoms with E-state index in [1.54, 1.807) is 0 Å². The number of hydrogen-bond acceptors (Lipinski definition) is 2. The molecule has 0 amide bonds. The van der Waals surface area contributed by atoms with Crippen LogP contribution in [0.25, 0.3) is 0 Å². The third kappa shape index (κ3) is 3.36. The van der Waals surface area contributed by atoms with Crippen molar-refractivity contribution in [1.29, 1.82) is 0 Å². The Morgan fingerprint density at radius 3 is 2.41 bits per heavy atom. The van der Waals surface area contributed by atoms with Crippen LogP contribution in [0.15, 0.2) is 12.1 Å². The van der Waals surface area contributed by atoms with E-state index in [-0.39, 0.29) is 0 Å². The van der Waals surface area contributed by atoms with Crippen LogP contribution in [-0.2, 0) is 0 Å². The molecule has 2 rings (SSSR count). The number of rotatable bonds is 3. The van der Waals surface area contributed by atoms with Crippen LogP contribution in [0.4, 0.5) is 0 Å². The molecule has 1 aliphatic heterocycles. The first kappa shape index (κ1) is 12.7. The van der Waals surface area contributed by atoms with E-state index in [4.69, 9.17) is 16.3 Å². The van der Waals surface area contributed by atoms with Crippen LogP contribution in [0.5, 0.6) is 5.75 Å². The summed E-state index contributed by atoms with van der Waals surface area (Å²) in [4.78, 5) is 0. The summed E-state index contributed by atoms with van der Waals surface area (Å²) in [6.07, 6.45) is 2.43. The van der Waals surface area contributed by atoms with Crippen molar-refractivity contribution >= 4 is 11.6 Å². The van der Waals surface area contributed by atoms with Crippen molar-refractivity contribution in [3.8, 4) is 5.75 Å². The van der Waals surface area contributed by atoms with Gasteiger partial charge in [-0.1, -0.05) is 11.6 Å². The first-order chi connectivity index (χ1) is 8.16. The summed E-state index contributed by atoms with van der Waals surface area (Å²) in [7, 11) is 0. The lowest BCUT2D eigenvalue weighted by Gasteiger charge is -2.23. The molecule has 94 valence electrons. The predicted octanol–water partition coefficient (Wildman–Crippen LogP) is 3.34. The van der Waals surface area contributed by atoms with E-state index < -0.39 is 0 Å². The second kappa shape index (κ2) is 5.74. The average Bonchev–Trinajstić information content (AvgIpc) is 2.29. The second-order valence-corrected chi connectivity index (χ2v) is 5.31. The predicted molar refractivity (Wildman–Crippen MR) is 72.0 cm³/mol. The molecule has 1 heterocycles. The van der Waals surface area contributed by atoms with Crippen molar-refractivity contribution in [3.05, 3.63) is 28.3 Å². The second-order valence-electron chi connectivity index (χ2n) is 4.87. The van der Waals surface area contributed by atoms with Crippen molar-refractivity contribution in [1.82, 2.24) is 5.32 Å². The first-order valence-electron chi connectivity index (χ1n) is 6.27. The third-order valence-electron chi connectivity index (χ3n) is 3.35. The maximum atomic E-state index is 6.01. The molecule has 1 fully saturated rings. The number of benzene rings is 1. The minimum absolute atomic E-state index is 0.686. The van der Waals surface area contributed by atoms with Gasteiger partial charge in [-0.15, -0.1) is 0 Å². The van der Waals surface area contributed by atoms with Crippen LogP contribution in [0, 0.1) is 19.8 Å².